The second-order valence-electron chi connectivity index (χ2n) is 4.91. The van der Waals surface area contributed by atoms with Crippen LogP contribution < -0.4 is 10.5 Å². The molecule has 0 aromatic carbocycles. The van der Waals surface area contributed by atoms with Crippen LogP contribution in [0.1, 0.15) is 51.4 Å². The second kappa shape index (κ2) is 7.19. The van der Waals surface area contributed by atoms with Crippen LogP contribution in [0, 0.1) is 12.8 Å². The average molecular weight is 251 g/mol. The Morgan fingerprint density at radius 2 is 1.94 bits per heavy atom. The van der Waals surface area contributed by atoms with E-state index >= 15 is 0 Å². The van der Waals surface area contributed by atoms with E-state index in [2.05, 4.69) is 30.7 Å². The lowest BCUT2D eigenvalue weighted by molar-refractivity contribution is 0.240. The standard InChI is InChI=1S/C14H25N3O/c1-5-7-10(3)9-18-14-11(4)13(15)16-12(17-14)8-6-2/h10H,5-9H2,1-4H3,(H2,15,16,17). The highest BCUT2D eigenvalue weighted by Gasteiger charge is 2.11. The van der Waals surface area contributed by atoms with Crippen molar-refractivity contribution in [2.45, 2.75) is 53.4 Å². The van der Waals surface area contributed by atoms with Gasteiger partial charge in [0, 0.05) is 6.42 Å². The highest BCUT2D eigenvalue weighted by molar-refractivity contribution is 5.44. The molecule has 1 aromatic heterocycles. The number of hydrogen-bond donors (Lipinski definition) is 1. The maximum Gasteiger partial charge on any atom is 0.221 e. The smallest absolute Gasteiger partial charge is 0.221 e. The third-order valence-corrected chi connectivity index (χ3v) is 2.94. The Labute approximate surface area is 110 Å². The predicted molar refractivity (Wildman–Crippen MR) is 74.7 cm³/mol. The molecule has 1 rings (SSSR count). The van der Waals surface area contributed by atoms with Crippen molar-refractivity contribution in [3.8, 4) is 5.88 Å². The molecule has 0 fully saturated rings. The van der Waals surface area contributed by atoms with Gasteiger partial charge in [-0.25, -0.2) is 4.98 Å². The van der Waals surface area contributed by atoms with Gasteiger partial charge < -0.3 is 10.5 Å². The zero-order valence-corrected chi connectivity index (χ0v) is 12.0. The van der Waals surface area contributed by atoms with Crippen molar-refractivity contribution in [3.05, 3.63) is 11.4 Å². The first-order valence-electron chi connectivity index (χ1n) is 6.84. The van der Waals surface area contributed by atoms with Gasteiger partial charge in [-0.1, -0.05) is 27.2 Å². The van der Waals surface area contributed by atoms with Crippen LogP contribution in [0.2, 0.25) is 0 Å². The van der Waals surface area contributed by atoms with Gasteiger partial charge in [0.25, 0.3) is 0 Å². The number of nitrogen functional groups attached to an aromatic ring is 1. The van der Waals surface area contributed by atoms with Crippen LogP contribution in [0.15, 0.2) is 0 Å². The largest absolute Gasteiger partial charge is 0.477 e. The van der Waals surface area contributed by atoms with E-state index in [4.69, 9.17) is 10.5 Å². The van der Waals surface area contributed by atoms with Gasteiger partial charge in [0.1, 0.15) is 11.6 Å². The number of ether oxygens (including phenoxy) is 1. The van der Waals surface area contributed by atoms with E-state index in [0.29, 0.717) is 24.2 Å². The van der Waals surface area contributed by atoms with Gasteiger partial charge in [0.05, 0.1) is 12.2 Å². The molecule has 102 valence electrons. The SMILES string of the molecule is CCCc1nc(N)c(C)c(OCC(C)CCC)n1. The summed E-state index contributed by atoms with van der Waals surface area (Å²) in [6.45, 7) is 9.07. The summed E-state index contributed by atoms with van der Waals surface area (Å²) in [6.07, 6.45) is 4.19. The molecule has 0 aliphatic rings. The Balaban J connectivity index is 2.74. The van der Waals surface area contributed by atoms with E-state index in [1.807, 2.05) is 6.92 Å². The first kappa shape index (κ1) is 14.7. The fourth-order valence-corrected chi connectivity index (χ4v) is 1.83. The molecule has 0 bridgehead atoms. The highest BCUT2D eigenvalue weighted by Crippen LogP contribution is 2.21. The number of nitrogens with zero attached hydrogens (tertiary/aromatic N) is 2. The average Bonchev–Trinajstić information content (AvgIpc) is 2.32. The van der Waals surface area contributed by atoms with Gasteiger partial charge in [0.2, 0.25) is 5.88 Å². The molecule has 4 nitrogen and oxygen atoms in total. The van der Waals surface area contributed by atoms with Crippen LogP contribution in [0.25, 0.3) is 0 Å². The van der Waals surface area contributed by atoms with E-state index in [-0.39, 0.29) is 0 Å². The number of rotatable bonds is 7. The van der Waals surface area contributed by atoms with Crippen LogP contribution >= 0.6 is 0 Å². The van der Waals surface area contributed by atoms with Gasteiger partial charge in [0.15, 0.2) is 0 Å². The summed E-state index contributed by atoms with van der Waals surface area (Å²) in [5.74, 6) is 2.50. The van der Waals surface area contributed by atoms with Crippen molar-refractivity contribution in [2.75, 3.05) is 12.3 Å². The van der Waals surface area contributed by atoms with E-state index in [1.165, 1.54) is 12.8 Å². The molecule has 0 saturated carbocycles. The Kier molecular flexibility index (Phi) is 5.89. The summed E-state index contributed by atoms with van der Waals surface area (Å²) in [6, 6.07) is 0. The topological polar surface area (TPSA) is 61.0 Å². The van der Waals surface area contributed by atoms with Gasteiger partial charge in [-0.3, -0.25) is 0 Å². The molecular formula is C14H25N3O. The summed E-state index contributed by atoms with van der Waals surface area (Å²) < 4.78 is 5.79. The number of anilines is 1. The monoisotopic (exact) mass is 251 g/mol. The number of nitrogens with two attached hydrogens (primary N) is 1. The first-order chi connectivity index (χ1) is 8.58. The predicted octanol–water partition coefficient (Wildman–Crippen LogP) is 3.13. The molecule has 0 radical (unpaired) electrons. The molecule has 0 saturated heterocycles. The molecular weight excluding hydrogens is 226 g/mol. The van der Waals surface area contributed by atoms with Crippen molar-refractivity contribution in [1.29, 1.82) is 0 Å². The van der Waals surface area contributed by atoms with Crippen molar-refractivity contribution < 1.29 is 4.74 Å². The molecule has 1 atom stereocenters. The zero-order valence-electron chi connectivity index (χ0n) is 12.0. The fraction of sp³-hybridized carbons (Fsp3) is 0.714. The third-order valence-electron chi connectivity index (χ3n) is 2.94. The first-order valence-corrected chi connectivity index (χ1v) is 6.84. The van der Waals surface area contributed by atoms with E-state index in [1.54, 1.807) is 0 Å². The summed E-state index contributed by atoms with van der Waals surface area (Å²) in [7, 11) is 0. The van der Waals surface area contributed by atoms with Crippen LogP contribution in [0.4, 0.5) is 5.82 Å². The lowest BCUT2D eigenvalue weighted by Crippen LogP contribution is -2.12. The number of aromatic nitrogens is 2. The minimum absolute atomic E-state index is 0.534. The molecule has 4 heteroatoms. The molecule has 1 unspecified atom stereocenters. The van der Waals surface area contributed by atoms with Crippen molar-refractivity contribution in [2.24, 2.45) is 5.92 Å². The Bertz CT molecular complexity index is 380. The second-order valence-corrected chi connectivity index (χ2v) is 4.91. The van der Waals surface area contributed by atoms with Crippen LogP contribution in [0.3, 0.4) is 0 Å². The molecule has 0 amide bonds. The quantitative estimate of drug-likeness (QED) is 0.808. The Morgan fingerprint density at radius 1 is 1.22 bits per heavy atom. The maximum absolute atomic E-state index is 5.89. The van der Waals surface area contributed by atoms with Gasteiger partial charge >= 0.3 is 0 Å². The van der Waals surface area contributed by atoms with E-state index in [0.717, 1.165) is 24.2 Å². The zero-order chi connectivity index (χ0) is 13.5. The molecule has 2 N–H and O–H groups in total. The Hall–Kier alpha value is -1.32. The lowest BCUT2D eigenvalue weighted by Gasteiger charge is -2.14. The minimum atomic E-state index is 0.534. The molecule has 18 heavy (non-hydrogen) atoms. The van der Waals surface area contributed by atoms with Crippen LogP contribution in [-0.2, 0) is 6.42 Å². The molecule has 0 aliphatic heterocycles. The summed E-state index contributed by atoms with van der Waals surface area (Å²) in [5, 5.41) is 0. The van der Waals surface area contributed by atoms with E-state index in [9.17, 15) is 0 Å². The minimum Gasteiger partial charge on any atom is -0.477 e. The van der Waals surface area contributed by atoms with Crippen LogP contribution in [-0.4, -0.2) is 16.6 Å². The van der Waals surface area contributed by atoms with Gasteiger partial charge in [-0.05, 0) is 25.7 Å². The normalized spacial score (nSPS) is 12.4. The lowest BCUT2D eigenvalue weighted by atomic mass is 10.1. The molecule has 1 aromatic rings. The van der Waals surface area contributed by atoms with Gasteiger partial charge in [-0.15, -0.1) is 0 Å². The van der Waals surface area contributed by atoms with Gasteiger partial charge in [-0.2, -0.15) is 4.98 Å². The highest BCUT2D eigenvalue weighted by atomic mass is 16.5. The van der Waals surface area contributed by atoms with Crippen molar-refractivity contribution >= 4 is 5.82 Å². The number of hydrogen-bond acceptors (Lipinski definition) is 4. The molecule has 1 heterocycles. The number of aryl methyl sites for hydroxylation is 1. The fourth-order valence-electron chi connectivity index (χ4n) is 1.83. The summed E-state index contributed by atoms with van der Waals surface area (Å²) in [5.41, 5.74) is 6.73. The van der Waals surface area contributed by atoms with Crippen molar-refractivity contribution in [1.82, 2.24) is 9.97 Å². The Morgan fingerprint density at radius 3 is 2.56 bits per heavy atom. The molecule has 0 aliphatic carbocycles. The van der Waals surface area contributed by atoms with E-state index < -0.39 is 0 Å². The summed E-state index contributed by atoms with van der Waals surface area (Å²) in [4.78, 5) is 8.71. The van der Waals surface area contributed by atoms with Crippen molar-refractivity contribution in [3.63, 3.8) is 0 Å². The maximum atomic E-state index is 5.89. The summed E-state index contributed by atoms with van der Waals surface area (Å²) >= 11 is 0. The van der Waals surface area contributed by atoms with Crippen LogP contribution in [0.5, 0.6) is 5.88 Å². The molecule has 0 spiro atoms. The third kappa shape index (κ3) is 4.17.